The molecule has 27 heavy (non-hydrogen) atoms. The Morgan fingerprint density at radius 3 is 2.30 bits per heavy atom. The number of likely N-dealkylation sites (N-methyl/N-ethyl adjacent to an activating group) is 1. The number of fused-ring (bicyclic) bond motifs is 1. The molecule has 0 radical (unpaired) electrons. The van der Waals surface area contributed by atoms with Crippen LogP contribution in [-0.4, -0.2) is 50.0 Å². The van der Waals surface area contributed by atoms with Crippen LogP contribution in [0.15, 0.2) is 67.3 Å². The molecule has 0 N–H and O–H groups in total. The maximum absolute atomic E-state index is 13.7. The third kappa shape index (κ3) is 3.65. The number of amides is 1. The maximum Gasteiger partial charge on any atom is 0.256 e. The summed E-state index contributed by atoms with van der Waals surface area (Å²) in [6.07, 6.45) is 2.62. The van der Waals surface area contributed by atoms with E-state index in [2.05, 4.69) is 36.7 Å². The molecule has 1 unspecified atom stereocenters. The molecule has 144 valence electrons. The van der Waals surface area contributed by atoms with Crippen molar-refractivity contribution < 1.29 is 4.79 Å². The highest BCUT2D eigenvalue weighted by Gasteiger charge is 2.52. The second-order valence-electron chi connectivity index (χ2n) is 7.05. The van der Waals surface area contributed by atoms with Gasteiger partial charge in [-0.3, -0.25) is 4.79 Å². The van der Waals surface area contributed by atoms with Crippen LogP contribution in [0.1, 0.15) is 17.5 Å². The van der Waals surface area contributed by atoms with Crippen LogP contribution < -0.4 is 5.01 Å². The van der Waals surface area contributed by atoms with E-state index in [0.717, 1.165) is 36.3 Å². The van der Waals surface area contributed by atoms with E-state index >= 15 is 0 Å². The number of para-hydroxylation sites is 1. The minimum Gasteiger partial charge on any atom is -0.303 e. The van der Waals surface area contributed by atoms with Crippen molar-refractivity contribution in [2.75, 3.05) is 39.2 Å². The van der Waals surface area contributed by atoms with Crippen LogP contribution in [-0.2, 0) is 10.2 Å². The summed E-state index contributed by atoms with van der Waals surface area (Å²) in [5.74, 6) is 0.113. The topological polar surface area (TPSA) is 26.8 Å². The molecule has 2 aromatic rings. The minimum atomic E-state index is -0.669. The molecule has 0 aromatic heterocycles. The third-order valence-corrected chi connectivity index (χ3v) is 5.13. The molecule has 4 nitrogen and oxygen atoms in total. The predicted molar refractivity (Wildman–Crippen MR) is 114 cm³/mol. The van der Waals surface area contributed by atoms with Crippen molar-refractivity contribution in [2.24, 2.45) is 0 Å². The van der Waals surface area contributed by atoms with E-state index < -0.39 is 5.41 Å². The Labute approximate surface area is 168 Å². The third-order valence-electron chi connectivity index (χ3n) is 5.13. The molecule has 1 aliphatic heterocycles. The average molecular weight is 386 g/mol. The Morgan fingerprint density at radius 1 is 1.04 bits per heavy atom. The van der Waals surface area contributed by atoms with E-state index in [-0.39, 0.29) is 18.3 Å². The van der Waals surface area contributed by atoms with Gasteiger partial charge in [0.2, 0.25) is 0 Å². The number of hydrogen-bond donors (Lipinski definition) is 0. The van der Waals surface area contributed by atoms with Crippen molar-refractivity contribution in [3.05, 3.63) is 78.4 Å². The summed E-state index contributed by atoms with van der Waals surface area (Å²) in [6.45, 7) is 5.43. The second-order valence-corrected chi connectivity index (χ2v) is 7.05. The molecule has 5 heteroatoms. The van der Waals surface area contributed by atoms with Crippen molar-refractivity contribution in [1.82, 2.24) is 9.91 Å². The van der Waals surface area contributed by atoms with Crippen LogP contribution >= 0.6 is 12.4 Å². The lowest BCUT2D eigenvalue weighted by atomic mass is 9.73. The quantitative estimate of drug-likeness (QED) is 0.679. The minimum absolute atomic E-state index is 0. The van der Waals surface area contributed by atoms with Gasteiger partial charge in [0, 0.05) is 20.6 Å². The molecule has 0 bridgehead atoms. The summed E-state index contributed by atoms with van der Waals surface area (Å²) in [6, 6.07) is 18.3. The lowest BCUT2D eigenvalue weighted by Crippen LogP contribution is -2.48. The standard InChI is InChI=1S/C22H27N3O.ClH/c1-5-16-24(4)17-15-22(18-11-7-6-8-12-18)19-13-9-10-14-20(19)25(21(22)26)23(2)3;/h5-14H,1,15-17H2,2-4H3;1H. The number of benzene rings is 2. The molecule has 3 rings (SSSR count). The summed E-state index contributed by atoms with van der Waals surface area (Å²) in [5.41, 5.74) is 2.43. The zero-order chi connectivity index (χ0) is 18.7. The van der Waals surface area contributed by atoms with E-state index in [1.165, 1.54) is 0 Å². The van der Waals surface area contributed by atoms with Crippen LogP contribution in [0.4, 0.5) is 5.69 Å². The van der Waals surface area contributed by atoms with Crippen molar-refractivity contribution in [3.8, 4) is 0 Å². The number of halogens is 1. The fraction of sp³-hybridized carbons (Fsp3) is 0.318. The van der Waals surface area contributed by atoms with E-state index in [0.29, 0.717) is 0 Å². The molecule has 0 spiro atoms. The number of anilines is 1. The zero-order valence-electron chi connectivity index (χ0n) is 16.3. The Balaban J connectivity index is 0.00000261. The van der Waals surface area contributed by atoms with Gasteiger partial charge in [-0.15, -0.1) is 19.0 Å². The molecule has 0 aliphatic carbocycles. The first-order valence-corrected chi connectivity index (χ1v) is 8.98. The highest BCUT2D eigenvalue weighted by atomic mass is 35.5. The van der Waals surface area contributed by atoms with E-state index in [1.54, 1.807) is 5.01 Å². The van der Waals surface area contributed by atoms with Crippen LogP contribution in [0, 0.1) is 0 Å². The van der Waals surface area contributed by atoms with Crippen molar-refractivity contribution in [2.45, 2.75) is 11.8 Å². The van der Waals surface area contributed by atoms with E-state index in [1.807, 2.05) is 61.6 Å². The molecule has 0 saturated carbocycles. The largest absolute Gasteiger partial charge is 0.303 e. The van der Waals surface area contributed by atoms with Crippen LogP contribution in [0.2, 0.25) is 0 Å². The SMILES string of the molecule is C=CCN(C)CCC1(c2ccccc2)C(=O)N(N(C)C)c2ccccc21.Cl. The molecular formula is C22H28ClN3O. The van der Waals surface area contributed by atoms with Crippen molar-refractivity contribution >= 4 is 24.0 Å². The summed E-state index contributed by atoms with van der Waals surface area (Å²) in [5, 5.41) is 3.68. The monoisotopic (exact) mass is 385 g/mol. The van der Waals surface area contributed by atoms with Crippen LogP contribution in [0.25, 0.3) is 0 Å². The Bertz CT molecular complexity index is 793. The number of rotatable bonds is 7. The zero-order valence-corrected chi connectivity index (χ0v) is 17.1. The number of nitrogens with zero attached hydrogens (tertiary/aromatic N) is 3. The first-order chi connectivity index (χ1) is 12.5. The summed E-state index contributed by atoms with van der Waals surface area (Å²) < 4.78 is 0. The van der Waals surface area contributed by atoms with Gasteiger partial charge in [0.25, 0.3) is 5.91 Å². The molecule has 1 aliphatic rings. The predicted octanol–water partition coefficient (Wildman–Crippen LogP) is 3.73. The molecule has 2 aromatic carbocycles. The number of hydrogen-bond acceptors (Lipinski definition) is 3. The first kappa shape index (κ1) is 21.2. The fourth-order valence-electron chi connectivity index (χ4n) is 3.88. The first-order valence-electron chi connectivity index (χ1n) is 8.98. The summed E-state index contributed by atoms with van der Waals surface area (Å²) in [7, 11) is 5.90. The van der Waals surface area contributed by atoms with E-state index in [9.17, 15) is 4.79 Å². The molecule has 1 amide bonds. The van der Waals surface area contributed by atoms with Gasteiger partial charge in [-0.25, -0.2) is 10.0 Å². The fourth-order valence-corrected chi connectivity index (χ4v) is 3.88. The molecular weight excluding hydrogens is 358 g/mol. The Hall–Kier alpha value is -2.14. The van der Waals surface area contributed by atoms with Crippen LogP contribution in [0.5, 0.6) is 0 Å². The summed E-state index contributed by atoms with van der Waals surface area (Å²) in [4.78, 5) is 15.9. The number of carbonyl (C=O) groups is 1. The average Bonchev–Trinajstić information content (AvgIpc) is 2.90. The number of hydrazine groups is 1. The maximum atomic E-state index is 13.7. The number of carbonyl (C=O) groups excluding carboxylic acids is 1. The summed E-state index contributed by atoms with van der Waals surface area (Å²) >= 11 is 0. The van der Waals surface area contributed by atoms with Gasteiger partial charge in [-0.05, 0) is 37.2 Å². The van der Waals surface area contributed by atoms with Crippen LogP contribution in [0.3, 0.4) is 0 Å². The smallest absolute Gasteiger partial charge is 0.256 e. The molecule has 1 heterocycles. The molecule has 0 fully saturated rings. The van der Waals surface area contributed by atoms with Gasteiger partial charge in [-0.2, -0.15) is 0 Å². The Kier molecular flexibility index (Phi) is 6.82. The van der Waals surface area contributed by atoms with Gasteiger partial charge in [-0.1, -0.05) is 54.6 Å². The Morgan fingerprint density at radius 2 is 1.67 bits per heavy atom. The second kappa shape index (κ2) is 8.70. The lowest BCUT2D eigenvalue weighted by Gasteiger charge is -2.32. The lowest BCUT2D eigenvalue weighted by molar-refractivity contribution is -0.124. The highest BCUT2D eigenvalue weighted by molar-refractivity contribution is 6.09. The highest BCUT2D eigenvalue weighted by Crippen LogP contribution is 2.48. The van der Waals surface area contributed by atoms with Gasteiger partial charge in [0.15, 0.2) is 0 Å². The normalized spacial score (nSPS) is 18.6. The van der Waals surface area contributed by atoms with Crippen molar-refractivity contribution in [3.63, 3.8) is 0 Å². The van der Waals surface area contributed by atoms with Crippen molar-refractivity contribution in [1.29, 1.82) is 0 Å². The van der Waals surface area contributed by atoms with Gasteiger partial charge >= 0.3 is 0 Å². The van der Waals surface area contributed by atoms with Gasteiger partial charge in [0.1, 0.15) is 5.41 Å². The van der Waals surface area contributed by atoms with Gasteiger partial charge < -0.3 is 4.90 Å². The molecule has 0 saturated heterocycles. The van der Waals surface area contributed by atoms with E-state index in [4.69, 9.17) is 0 Å². The van der Waals surface area contributed by atoms with Gasteiger partial charge in [0.05, 0.1) is 5.69 Å². The molecule has 1 atom stereocenters.